The molecule has 0 aliphatic carbocycles. The summed E-state index contributed by atoms with van der Waals surface area (Å²) in [6.07, 6.45) is 1.57. The molecule has 2 aliphatic heterocycles. The molecule has 2 unspecified atom stereocenters. The Morgan fingerprint density at radius 1 is 1.44 bits per heavy atom. The van der Waals surface area contributed by atoms with E-state index in [-0.39, 0.29) is 23.3 Å². The van der Waals surface area contributed by atoms with Crippen molar-refractivity contribution < 1.29 is 8.42 Å². The zero-order valence-electron chi connectivity index (χ0n) is 9.81. The number of sulfone groups is 1. The van der Waals surface area contributed by atoms with Crippen LogP contribution in [0.25, 0.3) is 0 Å². The van der Waals surface area contributed by atoms with Crippen molar-refractivity contribution in [3.63, 3.8) is 0 Å². The van der Waals surface area contributed by atoms with Crippen molar-refractivity contribution in [3.8, 4) is 6.07 Å². The van der Waals surface area contributed by atoms with Crippen LogP contribution in [0.15, 0.2) is 0 Å². The molecule has 0 saturated carbocycles. The van der Waals surface area contributed by atoms with Crippen LogP contribution in [0.3, 0.4) is 0 Å². The van der Waals surface area contributed by atoms with E-state index in [0.29, 0.717) is 5.75 Å². The molecule has 0 aromatic rings. The number of nitrogens with zero attached hydrogens (tertiary/aromatic N) is 2. The minimum Gasteiger partial charge on any atom is -0.293 e. The lowest BCUT2D eigenvalue weighted by Gasteiger charge is -2.35. The molecule has 2 rings (SSSR count). The number of likely N-dealkylation sites (tertiary alicyclic amines) is 1. The van der Waals surface area contributed by atoms with Crippen molar-refractivity contribution in [2.75, 3.05) is 18.1 Å². The minimum absolute atomic E-state index is 0.0368. The maximum atomic E-state index is 11.5. The topological polar surface area (TPSA) is 61.2 Å². The lowest BCUT2D eigenvalue weighted by atomic mass is 9.96. The quantitative estimate of drug-likeness (QED) is 0.682. The van der Waals surface area contributed by atoms with Gasteiger partial charge in [-0.2, -0.15) is 5.26 Å². The van der Waals surface area contributed by atoms with Gasteiger partial charge in [0.05, 0.1) is 23.5 Å². The fraction of sp³-hybridized carbons (Fsp3) is 0.909. The van der Waals surface area contributed by atoms with Crippen molar-refractivity contribution in [2.45, 2.75) is 38.3 Å². The van der Waals surface area contributed by atoms with Crippen LogP contribution in [0, 0.1) is 17.2 Å². The fourth-order valence-electron chi connectivity index (χ4n) is 3.02. The van der Waals surface area contributed by atoms with Gasteiger partial charge in [0, 0.05) is 18.1 Å². The summed E-state index contributed by atoms with van der Waals surface area (Å²) < 4.78 is 22.9. The van der Waals surface area contributed by atoms with Crippen molar-refractivity contribution in [1.29, 1.82) is 5.26 Å². The van der Waals surface area contributed by atoms with Crippen molar-refractivity contribution >= 4 is 9.84 Å². The van der Waals surface area contributed by atoms with E-state index in [1.54, 1.807) is 0 Å². The molecular formula is C11H18N2O2S. The standard InChI is InChI=1S/C11H18N2O2S/c1-11(2)5-9(6-12)7-13(11)10-3-4-16(14,15)8-10/h9-10H,3-5,7-8H2,1-2H3. The summed E-state index contributed by atoms with van der Waals surface area (Å²) in [7, 11) is -2.83. The molecule has 90 valence electrons. The molecule has 0 spiro atoms. The highest BCUT2D eigenvalue weighted by molar-refractivity contribution is 7.91. The number of rotatable bonds is 1. The Balaban J connectivity index is 2.14. The van der Waals surface area contributed by atoms with E-state index in [1.807, 2.05) is 0 Å². The van der Waals surface area contributed by atoms with Crippen LogP contribution >= 0.6 is 0 Å². The van der Waals surface area contributed by atoms with Crippen LogP contribution in [-0.4, -0.2) is 42.9 Å². The SMILES string of the molecule is CC1(C)CC(C#N)CN1C1CCS(=O)(=O)C1. The molecule has 0 amide bonds. The largest absolute Gasteiger partial charge is 0.293 e. The second-order valence-electron chi connectivity index (χ2n) is 5.55. The molecule has 0 bridgehead atoms. The van der Waals surface area contributed by atoms with E-state index in [2.05, 4.69) is 24.8 Å². The average molecular weight is 242 g/mol. The van der Waals surface area contributed by atoms with Crippen LogP contribution < -0.4 is 0 Å². The van der Waals surface area contributed by atoms with Crippen molar-refractivity contribution in [1.82, 2.24) is 4.90 Å². The first-order valence-electron chi connectivity index (χ1n) is 5.71. The van der Waals surface area contributed by atoms with Gasteiger partial charge < -0.3 is 0 Å². The highest BCUT2D eigenvalue weighted by Crippen LogP contribution is 2.36. The third-order valence-corrected chi connectivity index (χ3v) is 5.52. The molecule has 0 radical (unpaired) electrons. The number of hydrogen-bond donors (Lipinski definition) is 0. The molecule has 0 aromatic carbocycles. The minimum atomic E-state index is -2.83. The van der Waals surface area contributed by atoms with Crippen LogP contribution in [0.5, 0.6) is 0 Å². The average Bonchev–Trinajstić information content (AvgIpc) is 2.65. The van der Waals surface area contributed by atoms with E-state index < -0.39 is 9.84 Å². The van der Waals surface area contributed by atoms with E-state index >= 15 is 0 Å². The second-order valence-corrected chi connectivity index (χ2v) is 7.78. The Labute approximate surface area is 97.2 Å². The van der Waals surface area contributed by atoms with Crippen molar-refractivity contribution in [3.05, 3.63) is 0 Å². The highest BCUT2D eigenvalue weighted by Gasteiger charge is 2.45. The predicted octanol–water partition coefficient (Wildman–Crippen LogP) is 0.798. The summed E-state index contributed by atoms with van der Waals surface area (Å²) in [5.74, 6) is 0.633. The second kappa shape index (κ2) is 3.71. The third kappa shape index (κ3) is 2.09. The van der Waals surface area contributed by atoms with Gasteiger partial charge in [0.2, 0.25) is 0 Å². The van der Waals surface area contributed by atoms with Gasteiger partial charge in [-0.15, -0.1) is 0 Å². The predicted molar refractivity (Wildman–Crippen MR) is 61.6 cm³/mol. The monoisotopic (exact) mass is 242 g/mol. The molecule has 4 nitrogen and oxygen atoms in total. The van der Waals surface area contributed by atoms with Gasteiger partial charge in [-0.3, -0.25) is 4.90 Å². The van der Waals surface area contributed by atoms with Crippen LogP contribution in [0.2, 0.25) is 0 Å². The first-order valence-corrected chi connectivity index (χ1v) is 7.53. The maximum Gasteiger partial charge on any atom is 0.151 e. The first kappa shape index (κ1) is 11.9. The van der Waals surface area contributed by atoms with Gasteiger partial charge in [-0.05, 0) is 26.7 Å². The van der Waals surface area contributed by atoms with Crippen LogP contribution in [0.4, 0.5) is 0 Å². The van der Waals surface area contributed by atoms with Gasteiger partial charge in [-0.1, -0.05) is 0 Å². The molecule has 0 aromatic heterocycles. The molecule has 16 heavy (non-hydrogen) atoms. The van der Waals surface area contributed by atoms with Crippen molar-refractivity contribution in [2.24, 2.45) is 5.92 Å². The smallest absolute Gasteiger partial charge is 0.151 e. The van der Waals surface area contributed by atoms with Gasteiger partial charge >= 0.3 is 0 Å². The Bertz CT molecular complexity index is 422. The summed E-state index contributed by atoms with van der Waals surface area (Å²) in [4.78, 5) is 2.23. The van der Waals surface area contributed by atoms with Crippen LogP contribution in [-0.2, 0) is 9.84 Å². The fourth-order valence-corrected chi connectivity index (χ4v) is 4.75. The lowest BCUT2D eigenvalue weighted by molar-refractivity contribution is 0.128. The summed E-state index contributed by atoms with van der Waals surface area (Å²) in [6.45, 7) is 4.94. The highest BCUT2D eigenvalue weighted by atomic mass is 32.2. The normalized spacial score (nSPS) is 37.3. The lowest BCUT2D eigenvalue weighted by Crippen LogP contribution is -2.46. The maximum absolute atomic E-state index is 11.5. The molecule has 2 heterocycles. The van der Waals surface area contributed by atoms with Crippen LogP contribution in [0.1, 0.15) is 26.7 Å². The molecule has 2 atom stereocenters. The first-order chi connectivity index (χ1) is 7.34. The summed E-state index contributed by atoms with van der Waals surface area (Å²) >= 11 is 0. The van der Waals surface area contributed by atoms with E-state index in [1.165, 1.54) is 0 Å². The Kier molecular flexibility index (Phi) is 2.75. The summed E-state index contributed by atoms with van der Waals surface area (Å²) in [6, 6.07) is 2.43. The molecule has 2 saturated heterocycles. The molecule has 2 aliphatic rings. The van der Waals surface area contributed by atoms with E-state index in [9.17, 15) is 8.42 Å². The Morgan fingerprint density at radius 3 is 2.56 bits per heavy atom. The third-order valence-electron chi connectivity index (χ3n) is 3.77. The molecule has 2 fully saturated rings. The molecule has 0 N–H and O–H groups in total. The number of nitriles is 1. The van der Waals surface area contributed by atoms with Gasteiger partial charge in [-0.25, -0.2) is 8.42 Å². The van der Waals surface area contributed by atoms with Gasteiger partial charge in [0.25, 0.3) is 0 Å². The van der Waals surface area contributed by atoms with E-state index in [0.717, 1.165) is 19.4 Å². The zero-order valence-corrected chi connectivity index (χ0v) is 10.6. The van der Waals surface area contributed by atoms with Gasteiger partial charge in [0.1, 0.15) is 0 Å². The molecule has 5 heteroatoms. The summed E-state index contributed by atoms with van der Waals surface area (Å²) in [5.41, 5.74) is -0.0368. The Morgan fingerprint density at radius 2 is 2.12 bits per heavy atom. The number of hydrogen-bond acceptors (Lipinski definition) is 4. The summed E-state index contributed by atoms with van der Waals surface area (Å²) in [5, 5.41) is 8.97. The Hall–Kier alpha value is -0.600. The van der Waals surface area contributed by atoms with Gasteiger partial charge in [0.15, 0.2) is 9.84 Å². The van der Waals surface area contributed by atoms with E-state index in [4.69, 9.17) is 5.26 Å². The zero-order chi connectivity index (χ0) is 12.0. The molecular weight excluding hydrogens is 224 g/mol.